The Morgan fingerprint density at radius 1 is 1.14 bits per heavy atom. The van der Waals surface area contributed by atoms with Gasteiger partial charge in [0.25, 0.3) is 0 Å². The third kappa shape index (κ3) is 3.26. The number of imidazole rings is 1. The molecule has 0 spiro atoms. The Hall–Kier alpha value is -3.14. The first-order valence-electron chi connectivity index (χ1n) is 12.2. The molecule has 9 heteroatoms. The summed E-state index contributed by atoms with van der Waals surface area (Å²) < 4.78 is 15.3. The molecule has 9 nitrogen and oxygen atoms in total. The molecule has 1 saturated carbocycles. The highest BCUT2D eigenvalue weighted by atomic mass is 16.5. The normalized spacial score (nSPS) is 23.0. The largest absolute Gasteiger partial charge is 0.494 e. The number of aliphatic hydroxyl groups excluding tert-OH is 1. The van der Waals surface area contributed by atoms with Gasteiger partial charge in [-0.1, -0.05) is 0 Å². The second-order valence-corrected chi connectivity index (χ2v) is 9.68. The Bertz CT molecular complexity index is 1430. The van der Waals surface area contributed by atoms with Crippen LogP contribution in [0, 0.1) is 5.92 Å². The zero-order valence-electron chi connectivity index (χ0n) is 20.6. The monoisotopic (exact) mass is 476 g/mol. The Balaban J connectivity index is 1.47. The van der Waals surface area contributed by atoms with Crippen molar-refractivity contribution in [2.75, 3.05) is 20.8 Å². The van der Waals surface area contributed by atoms with Crippen LogP contribution in [0.3, 0.4) is 0 Å². The second kappa shape index (κ2) is 8.22. The van der Waals surface area contributed by atoms with Gasteiger partial charge in [0.2, 0.25) is 5.88 Å². The molecule has 35 heavy (non-hydrogen) atoms. The Labute approximate surface area is 204 Å². The summed E-state index contributed by atoms with van der Waals surface area (Å²) in [6.07, 6.45) is 1.45. The lowest BCUT2D eigenvalue weighted by Gasteiger charge is -2.32. The van der Waals surface area contributed by atoms with E-state index in [2.05, 4.69) is 32.0 Å². The van der Waals surface area contributed by atoms with Gasteiger partial charge in [-0.3, -0.25) is 4.90 Å². The number of hydrogen-bond donors (Lipinski definition) is 2. The first-order chi connectivity index (χ1) is 16.9. The first-order valence-corrected chi connectivity index (χ1v) is 12.2. The molecule has 1 aliphatic heterocycles. The Morgan fingerprint density at radius 2 is 1.97 bits per heavy atom. The fourth-order valence-corrected chi connectivity index (χ4v) is 6.16. The molecule has 1 aromatic carbocycles. The van der Waals surface area contributed by atoms with E-state index >= 15 is 0 Å². The molecule has 1 saturated heterocycles. The Morgan fingerprint density at radius 3 is 2.63 bits per heavy atom. The third-order valence-corrected chi connectivity index (χ3v) is 7.95. The maximum atomic E-state index is 11.3. The zero-order valence-corrected chi connectivity index (χ0v) is 20.6. The molecule has 3 aromatic heterocycles. The van der Waals surface area contributed by atoms with Crippen molar-refractivity contribution in [2.45, 2.75) is 44.6 Å². The van der Waals surface area contributed by atoms with E-state index in [1.165, 1.54) is 0 Å². The zero-order chi connectivity index (χ0) is 24.4. The van der Waals surface area contributed by atoms with Crippen LogP contribution >= 0.6 is 0 Å². The van der Waals surface area contributed by atoms with Crippen molar-refractivity contribution in [3.63, 3.8) is 0 Å². The Kier molecular flexibility index (Phi) is 5.24. The molecule has 0 radical (unpaired) electrons. The summed E-state index contributed by atoms with van der Waals surface area (Å²) in [5, 5.41) is 12.3. The van der Waals surface area contributed by atoms with Crippen molar-refractivity contribution in [3.8, 4) is 23.1 Å². The van der Waals surface area contributed by atoms with Crippen molar-refractivity contribution in [3.05, 3.63) is 35.9 Å². The summed E-state index contributed by atoms with van der Waals surface area (Å²) in [7, 11) is 5.27. The minimum atomic E-state index is -0.737. The molecule has 1 aliphatic carbocycles. The number of nitrogens with two attached hydrogens (primary N) is 1. The highest BCUT2D eigenvalue weighted by Crippen LogP contribution is 2.42. The van der Waals surface area contributed by atoms with Crippen molar-refractivity contribution < 1.29 is 14.6 Å². The summed E-state index contributed by atoms with van der Waals surface area (Å²) in [5.41, 5.74) is 10.7. The third-order valence-electron chi connectivity index (χ3n) is 7.95. The molecular weight excluding hydrogens is 444 g/mol. The summed E-state index contributed by atoms with van der Waals surface area (Å²) in [6, 6.07) is 10.3. The van der Waals surface area contributed by atoms with E-state index in [9.17, 15) is 5.11 Å². The molecular formula is C26H32N6O3. The molecule has 3 N–H and O–H groups in total. The number of piperidine rings is 1. The van der Waals surface area contributed by atoms with Gasteiger partial charge in [-0.25, -0.2) is 4.98 Å². The predicted octanol–water partition coefficient (Wildman–Crippen LogP) is 3.04. The number of fused-ring (bicyclic) bond motifs is 4. The van der Waals surface area contributed by atoms with E-state index in [1.807, 2.05) is 31.3 Å². The van der Waals surface area contributed by atoms with Crippen LogP contribution in [-0.2, 0) is 13.6 Å². The van der Waals surface area contributed by atoms with Gasteiger partial charge in [-0.2, -0.15) is 4.98 Å². The minimum absolute atomic E-state index is 0.139. The maximum Gasteiger partial charge on any atom is 0.214 e. The van der Waals surface area contributed by atoms with Crippen LogP contribution in [0.1, 0.15) is 31.6 Å². The predicted molar refractivity (Wildman–Crippen MR) is 134 cm³/mol. The number of benzene rings is 1. The topological polar surface area (TPSA) is 104 Å². The molecule has 2 bridgehead atoms. The van der Waals surface area contributed by atoms with Gasteiger partial charge in [0.15, 0.2) is 5.82 Å². The highest BCUT2D eigenvalue weighted by molar-refractivity contribution is 5.89. The van der Waals surface area contributed by atoms with Crippen LogP contribution < -0.4 is 15.2 Å². The average molecular weight is 477 g/mol. The number of hydrogen-bond acceptors (Lipinski definition) is 7. The van der Waals surface area contributed by atoms with Crippen LogP contribution in [-0.4, -0.2) is 62.0 Å². The highest BCUT2D eigenvalue weighted by Gasteiger charge is 2.47. The molecule has 184 valence electrons. The fourth-order valence-electron chi connectivity index (χ4n) is 6.16. The van der Waals surface area contributed by atoms with Gasteiger partial charge >= 0.3 is 0 Å². The van der Waals surface area contributed by atoms with Gasteiger partial charge in [-0.15, -0.1) is 0 Å². The molecule has 1 unspecified atom stereocenters. The number of pyridine rings is 1. The van der Waals surface area contributed by atoms with Crippen molar-refractivity contribution in [1.29, 1.82) is 0 Å². The number of rotatable bonds is 6. The molecule has 4 aromatic rings. The molecule has 4 atom stereocenters. The molecule has 4 heterocycles. The van der Waals surface area contributed by atoms with E-state index in [1.54, 1.807) is 14.2 Å². The molecule has 0 amide bonds. The van der Waals surface area contributed by atoms with E-state index in [-0.39, 0.29) is 12.1 Å². The smallest absolute Gasteiger partial charge is 0.214 e. The van der Waals surface area contributed by atoms with Crippen LogP contribution in [0.5, 0.6) is 11.6 Å². The first kappa shape index (κ1) is 22.3. The van der Waals surface area contributed by atoms with Crippen LogP contribution in [0.25, 0.3) is 33.6 Å². The summed E-state index contributed by atoms with van der Waals surface area (Å²) in [6.45, 7) is 3.66. The van der Waals surface area contributed by atoms with E-state index in [4.69, 9.17) is 20.2 Å². The quantitative estimate of drug-likeness (QED) is 0.441. The van der Waals surface area contributed by atoms with Gasteiger partial charge in [0.05, 0.1) is 25.4 Å². The SMILES string of the molecule is CCn1c(-c2nc3cc(C(O)N4C[C@H]5CC[C@@H]4[C@@H]5N)cc(OC)c3n2C)cc2ccc(OC)nc21. The summed E-state index contributed by atoms with van der Waals surface area (Å²) in [4.78, 5) is 11.8. The van der Waals surface area contributed by atoms with Gasteiger partial charge < -0.3 is 29.4 Å². The number of aliphatic hydroxyl groups is 1. The average Bonchev–Trinajstić information content (AvgIpc) is 3.61. The number of aryl methyl sites for hydroxylation is 2. The van der Waals surface area contributed by atoms with Crippen molar-refractivity contribution in [2.24, 2.45) is 18.7 Å². The molecule has 2 fully saturated rings. The number of methoxy groups -OCH3 is 2. The van der Waals surface area contributed by atoms with Crippen LogP contribution in [0.4, 0.5) is 0 Å². The second-order valence-electron chi connectivity index (χ2n) is 9.68. The van der Waals surface area contributed by atoms with Gasteiger partial charge in [0, 0.05) is 49.2 Å². The van der Waals surface area contributed by atoms with Crippen molar-refractivity contribution >= 4 is 22.1 Å². The minimum Gasteiger partial charge on any atom is -0.494 e. The lowest BCUT2D eigenvalue weighted by Crippen LogP contribution is -2.39. The number of ether oxygens (including phenoxy) is 2. The maximum absolute atomic E-state index is 11.3. The van der Waals surface area contributed by atoms with E-state index in [0.29, 0.717) is 17.5 Å². The molecule has 2 aliphatic rings. The van der Waals surface area contributed by atoms with Crippen LogP contribution in [0.2, 0.25) is 0 Å². The van der Waals surface area contributed by atoms with Gasteiger partial charge in [-0.05, 0) is 49.9 Å². The number of nitrogens with zero attached hydrogens (tertiary/aromatic N) is 5. The standard InChI is InChI=1S/C26H32N6O3/c1-5-31-19(11-14-7-9-21(35-4)29-24(14)31)25-28-17-10-16(12-20(34-3)23(17)30(25)2)26(33)32-13-15-6-8-18(32)22(15)27/h7,9-12,15,18,22,26,33H,5-6,8,13,27H2,1-4H3/t15-,18-,22-,26?/m1/s1. The fraction of sp³-hybridized carbons (Fsp3) is 0.462. The number of aromatic nitrogens is 4. The summed E-state index contributed by atoms with van der Waals surface area (Å²) in [5.74, 6) is 2.54. The lowest BCUT2D eigenvalue weighted by molar-refractivity contribution is -0.0192. The van der Waals surface area contributed by atoms with Gasteiger partial charge in [0.1, 0.15) is 23.1 Å². The van der Waals surface area contributed by atoms with Crippen molar-refractivity contribution in [1.82, 2.24) is 24.0 Å². The molecule has 6 rings (SSSR count). The number of likely N-dealkylation sites (tertiary alicyclic amines) is 1. The van der Waals surface area contributed by atoms with Crippen LogP contribution in [0.15, 0.2) is 30.3 Å². The van der Waals surface area contributed by atoms with E-state index in [0.717, 1.165) is 65.1 Å². The van der Waals surface area contributed by atoms with E-state index < -0.39 is 6.23 Å². The summed E-state index contributed by atoms with van der Waals surface area (Å²) >= 11 is 0. The lowest BCUT2D eigenvalue weighted by atomic mass is 10.1.